The van der Waals surface area contributed by atoms with Crippen molar-refractivity contribution in [2.75, 3.05) is 27.3 Å². The van der Waals surface area contributed by atoms with E-state index >= 15 is 0 Å². The Morgan fingerprint density at radius 2 is 1.90 bits per heavy atom. The lowest BCUT2D eigenvalue weighted by Crippen LogP contribution is -2.52. The Labute approximate surface area is 228 Å². The Bertz CT molecular complexity index is 1240. The number of carbonyl (C=O) groups excluding carboxylic acids is 4. The number of fused-ring (bicyclic) bond motifs is 1. The average molecular weight is 539 g/mol. The maximum absolute atomic E-state index is 13.9. The van der Waals surface area contributed by atoms with Crippen molar-refractivity contribution in [2.45, 2.75) is 63.5 Å². The van der Waals surface area contributed by atoms with Crippen LogP contribution in [0.1, 0.15) is 61.9 Å². The minimum Gasteiger partial charge on any atom is -0.496 e. The van der Waals surface area contributed by atoms with Gasteiger partial charge in [-0.2, -0.15) is 0 Å². The van der Waals surface area contributed by atoms with Crippen molar-refractivity contribution in [3.8, 4) is 5.75 Å². The molecule has 1 aromatic heterocycles. The molecule has 3 fully saturated rings. The maximum Gasteiger partial charge on any atom is 0.328 e. The van der Waals surface area contributed by atoms with Crippen LogP contribution in [0.3, 0.4) is 0 Å². The van der Waals surface area contributed by atoms with Gasteiger partial charge in [0.05, 0.1) is 14.2 Å². The van der Waals surface area contributed by atoms with Crippen LogP contribution in [0.2, 0.25) is 0 Å². The first kappa shape index (κ1) is 27.0. The minimum absolute atomic E-state index is 0.113. The molecule has 0 radical (unpaired) electrons. The van der Waals surface area contributed by atoms with E-state index in [2.05, 4.69) is 15.6 Å². The number of methoxy groups -OCH3 is 2. The number of aromatic nitrogens is 1. The molecular formula is C29H38N4O6. The zero-order valence-corrected chi connectivity index (χ0v) is 22.7. The van der Waals surface area contributed by atoms with E-state index in [1.807, 2.05) is 18.2 Å². The molecule has 2 aromatic rings. The van der Waals surface area contributed by atoms with Crippen molar-refractivity contribution in [1.82, 2.24) is 20.5 Å². The molecule has 3 amide bonds. The smallest absolute Gasteiger partial charge is 0.328 e. The number of amides is 3. The Morgan fingerprint density at radius 3 is 2.62 bits per heavy atom. The van der Waals surface area contributed by atoms with Crippen LogP contribution in [-0.2, 0) is 19.1 Å². The maximum atomic E-state index is 13.9. The third-order valence-electron chi connectivity index (χ3n) is 8.76. The molecule has 3 heterocycles. The highest BCUT2D eigenvalue weighted by atomic mass is 16.5. The molecule has 2 aliphatic heterocycles. The molecule has 0 bridgehead atoms. The minimum atomic E-state index is -0.962. The topological polar surface area (TPSA) is 130 Å². The lowest BCUT2D eigenvalue weighted by Gasteiger charge is -2.28. The van der Waals surface area contributed by atoms with Gasteiger partial charge in [0, 0.05) is 29.9 Å². The largest absolute Gasteiger partial charge is 0.496 e. The summed E-state index contributed by atoms with van der Waals surface area (Å²) < 4.78 is 10.4. The molecule has 10 heteroatoms. The number of rotatable bonds is 8. The SMILES string of the molecule is COC(=O)[C@H](C[C@@H]1CCCNC1=O)NC(=O)C1CC(C2CCCC2)CN1C(=O)c1cc2c(OC)cccc2[nH]1. The summed E-state index contributed by atoms with van der Waals surface area (Å²) in [6.45, 7) is 1.11. The van der Waals surface area contributed by atoms with E-state index in [9.17, 15) is 19.2 Å². The summed E-state index contributed by atoms with van der Waals surface area (Å²) in [6.07, 6.45) is 6.72. The molecule has 0 spiro atoms. The fourth-order valence-electron chi connectivity index (χ4n) is 6.66. The van der Waals surface area contributed by atoms with Crippen LogP contribution >= 0.6 is 0 Å². The Morgan fingerprint density at radius 1 is 1.10 bits per heavy atom. The molecule has 2 unspecified atom stereocenters. The summed E-state index contributed by atoms with van der Waals surface area (Å²) in [6, 6.07) is 5.67. The van der Waals surface area contributed by atoms with Gasteiger partial charge in [-0.05, 0) is 55.7 Å². The van der Waals surface area contributed by atoms with Gasteiger partial charge in [-0.25, -0.2) is 4.79 Å². The second kappa shape index (κ2) is 11.7. The molecule has 1 saturated carbocycles. The van der Waals surface area contributed by atoms with Crippen LogP contribution in [-0.4, -0.2) is 73.0 Å². The van der Waals surface area contributed by atoms with Gasteiger partial charge in [-0.15, -0.1) is 0 Å². The Kier molecular flexibility index (Phi) is 8.09. The van der Waals surface area contributed by atoms with Crippen molar-refractivity contribution in [2.24, 2.45) is 17.8 Å². The van der Waals surface area contributed by atoms with E-state index in [-0.39, 0.29) is 36.0 Å². The second-order valence-corrected chi connectivity index (χ2v) is 11.1. The predicted octanol–water partition coefficient (Wildman–Crippen LogP) is 2.77. The highest BCUT2D eigenvalue weighted by Gasteiger charge is 2.44. The molecule has 10 nitrogen and oxygen atoms in total. The van der Waals surface area contributed by atoms with E-state index in [0.29, 0.717) is 43.3 Å². The zero-order valence-electron chi connectivity index (χ0n) is 22.7. The number of benzene rings is 1. The van der Waals surface area contributed by atoms with E-state index < -0.39 is 18.1 Å². The molecule has 210 valence electrons. The first-order chi connectivity index (χ1) is 18.9. The van der Waals surface area contributed by atoms with Crippen molar-refractivity contribution in [3.05, 3.63) is 30.0 Å². The van der Waals surface area contributed by atoms with E-state index in [4.69, 9.17) is 9.47 Å². The summed E-state index contributed by atoms with van der Waals surface area (Å²) in [5.74, 6) is -0.369. The van der Waals surface area contributed by atoms with Crippen molar-refractivity contribution in [3.63, 3.8) is 0 Å². The highest BCUT2D eigenvalue weighted by molar-refractivity contribution is 6.02. The highest BCUT2D eigenvalue weighted by Crippen LogP contribution is 2.39. The average Bonchev–Trinajstić information content (AvgIpc) is 3.72. The number of hydrogen-bond donors (Lipinski definition) is 3. The van der Waals surface area contributed by atoms with Gasteiger partial charge in [0.2, 0.25) is 11.8 Å². The molecule has 1 aromatic carbocycles. The Balaban J connectivity index is 1.38. The molecule has 3 N–H and O–H groups in total. The van der Waals surface area contributed by atoms with Gasteiger partial charge < -0.3 is 30.0 Å². The summed E-state index contributed by atoms with van der Waals surface area (Å²) in [5.41, 5.74) is 1.17. The van der Waals surface area contributed by atoms with Crippen molar-refractivity contribution in [1.29, 1.82) is 0 Å². The van der Waals surface area contributed by atoms with Gasteiger partial charge in [0.25, 0.3) is 5.91 Å². The van der Waals surface area contributed by atoms with Crippen LogP contribution in [0.15, 0.2) is 24.3 Å². The number of ether oxygens (including phenoxy) is 2. The molecule has 3 aliphatic rings. The van der Waals surface area contributed by atoms with Gasteiger partial charge in [0.15, 0.2) is 0 Å². The molecular weight excluding hydrogens is 500 g/mol. The number of esters is 1. The van der Waals surface area contributed by atoms with Crippen LogP contribution < -0.4 is 15.4 Å². The number of carbonyl (C=O) groups is 4. The lowest BCUT2D eigenvalue weighted by molar-refractivity contribution is -0.146. The fourth-order valence-corrected chi connectivity index (χ4v) is 6.66. The zero-order chi connectivity index (χ0) is 27.5. The molecule has 2 saturated heterocycles. The summed E-state index contributed by atoms with van der Waals surface area (Å²) >= 11 is 0. The van der Waals surface area contributed by atoms with Crippen LogP contribution in [0.4, 0.5) is 0 Å². The van der Waals surface area contributed by atoms with E-state index in [0.717, 1.165) is 30.2 Å². The number of likely N-dealkylation sites (tertiary alicyclic amines) is 1. The number of H-pyrrole nitrogens is 1. The monoisotopic (exact) mass is 538 g/mol. The van der Waals surface area contributed by atoms with Gasteiger partial charge >= 0.3 is 5.97 Å². The second-order valence-electron chi connectivity index (χ2n) is 11.1. The first-order valence-corrected chi connectivity index (χ1v) is 14.0. The number of piperidine rings is 1. The normalized spacial score (nSPS) is 24.4. The summed E-state index contributed by atoms with van der Waals surface area (Å²) in [7, 11) is 2.86. The van der Waals surface area contributed by atoms with Gasteiger partial charge in [0.1, 0.15) is 23.5 Å². The molecule has 4 atom stereocenters. The van der Waals surface area contributed by atoms with E-state index in [1.165, 1.54) is 20.0 Å². The third-order valence-corrected chi connectivity index (χ3v) is 8.76. The van der Waals surface area contributed by atoms with Crippen LogP contribution in [0, 0.1) is 17.8 Å². The molecule has 1 aliphatic carbocycles. The van der Waals surface area contributed by atoms with Gasteiger partial charge in [-0.3, -0.25) is 14.4 Å². The quantitative estimate of drug-likeness (QED) is 0.443. The number of aromatic amines is 1. The summed E-state index contributed by atoms with van der Waals surface area (Å²) in [4.78, 5) is 57.4. The lowest BCUT2D eigenvalue weighted by atomic mass is 9.88. The molecule has 5 rings (SSSR count). The molecule has 39 heavy (non-hydrogen) atoms. The van der Waals surface area contributed by atoms with Gasteiger partial charge in [-0.1, -0.05) is 31.7 Å². The number of hydrogen-bond acceptors (Lipinski definition) is 6. The van der Waals surface area contributed by atoms with Crippen LogP contribution in [0.25, 0.3) is 10.9 Å². The van der Waals surface area contributed by atoms with Crippen LogP contribution in [0.5, 0.6) is 5.75 Å². The van der Waals surface area contributed by atoms with Crippen molar-refractivity contribution >= 4 is 34.6 Å². The van der Waals surface area contributed by atoms with Crippen molar-refractivity contribution < 1.29 is 28.7 Å². The standard InChI is InChI=1S/C29H38N4O6/c1-38-25-11-5-10-21-20(25)15-22(31-21)28(36)33-16-19(17-7-3-4-8-17)14-24(33)27(35)32-23(29(37)39-2)13-18-9-6-12-30-26(18)34/h5,10-11,15,17-19,23-24,31H,3-4,6-9,12-14,16H2,1-2H3,(H,30,34)(H,32,35)/t18-,19?,23-,24?/m0/s1. The van der Waals surface area contributed by atoms with E-state index in [1.54, 1.807) is 18.1 Å². The predicted molar refractivity (Wildman–Crippen MR) is 144 cm³/mol. The fraction of sp³-hybridized carbons (Fsp3) is 0.586. The first-order valence-electron chi connectivity index (χ1n) is 14.0. The summed E-state index contributed by atoms with van der Waals surface area (Å²) in [5, 5.41) is 6.48. The number of nitrogens with one attached hydrogen (secondary N) is 3. The Hall–Kier alpha value is -3.56. The third kappa shape index (κ3) is 5.60. The number of nitrogens with zero attached hydrogens (tertiary/aromatic N) is 1.